The highest BCUT2D eigenvalue weighted by Crippen LogP contribution is 2.55. The Bertz CT molecular complexity index is 4980. The third-order valence-corrected chi connectivity index (χ3v) is 21.4. The van der Waals surface area contributed by atoms with Crippen LogP contribution < -0.4 is 62.2 Å². The first-order valence-electron chi connectivity index (χ1n) is 35.9. The van der Waals surface area contributed by atoms with Crippen molar-refractivity contribution in [3.05, 3.63) is 325 Å². The second-order valence-electron chi connectivity index (χ2n) is 28.9. The minimum Gasteiger partial charge on any atom is -0.311 e. The van der Waals surface area contributed by atoms with E-state index in [2.05, 4.69) is 390 Å². The lowest BCUT2D eigenvalue weighted by Crippen LogP contribution is -2.65. The van der Waals surface area contributed by atoms with Gasteiger partial charge in [0.15, 0.2) is 0 Å². The van der Waals surface area contributed by atoms with E-state index in [4.69, 9.17) is 0 Å². The number of nitrogens with zero attached hydrogens (tertiary/aromatic N) is 6. The van der Waals surface area contributed by atoms with E-state index >= 15 is 0 Å². The number of para-hydroxylation sites is 10. The van der Waals surface area contributed by atoms with Gasteiger partial charge < -0.3 is 29.4 Å². The molecule has 6 nitrogen and oxygen atoms in total. The molecule has 0 aromatic heterocycles. The van der Waals surface area contributed by atoms with Crippen LogP contribution in [-0.2, 0) is 0 Å². The minimum atomic E-state index is -0.177. The van der Waals surface area contributed by atoms with Gasteiger partial charge in [-0.15, -0.1) is 0 Å². The van der Waals surface area contributed by atoms with Crippen LogP contribution in [0.1, 0.15) is 112 Å². The molecule has 0 radical (unpaired) electrons. The first kappa shape index (κ1) is 62.3. The Hall–Kier alpha value is -11.2. The van der Waals surface area contributed by atoms with Gasteiger partial charge in [0.2, 0.25) is 0 Å². The normalized spacial score (nSPS) is 13.1. The van der Waals surface area contributed by atoms with E-state index in [1.807, 2.05) is 0 Å². The summed E-state index contributed by atoms with van der Waals surface area (Å²) >= 11 is 0. The van der Waals surface area contributed by atoms with Crippen molar-refractivity contribution in [2.24, 2.45) is 0 Å². The highest BCUT2D eigenvalue weighted by Gasteiger charge is 2.49. The Balaban J connectivity index is 1.01. The van der Waals surface area contributed by atoms with Gasteiger partial charge in [-0.3, -0.25) is 0 Å². The summed E-state index contributed by atoms with van der Waals surface area (Å²) in [5, 5.41) is 0. The Morgan fingerprint density at radius 3 is 0.880 bits per heavy atom. The maximum absolute atomic E-state index is 2.66. The summed E-state index contributed by atoms with van der Waals surface area (Å²) in [6.07, 6.45) is 0. The van der Waals surface area contributed by atoms with Gasteiger partial charge in [-0.1, -0.05) is 243 Å². The Morgan fingerprint density at radius 2 is 0.540 bits per heavy atom. The highest BCUT2D eigenvalue weighted by atomic mass is 15.2. The molecule has 17 rings (SSSR count). The predicted octanol–water partition coefficient (Wildman–Crippen LogP) is 21.9. The summed E-state index contributed by atoms with van der Waals surface area (Å²) in [7, 11) is 0. The molecule has 0 atom stereocenters. The van der Waals surface area contributed by atoms with Gasteiger partial charge >= 0.3 is 0 Å². The van der Waals surface area contributed by atoms with Crippen LogP contribution in [-0.4, -0.2) is 13.4 Å². The molecular weight excluding hydrogens is 1210 g/mol. The Morgan fingerprint density at radius 1 is 0.250 bits per heavy atom. The van der Waals surface area contributed by atoms with Crippen LogP contribution in [0.15, 0.2) is 291 Å². The molecule has 0 saturated heterocycles. The zero-order valence-corrected chi connectivity index (χ0v) is 58.9. The third-order valence-electron chi connectivity index (χ3n) is 21.4. The van der Waals surface area contributed by atoms with Crippen molar-refractivity contribution in [2.75, 3.05) is 29.4 Å². The molecule has 0 amide bonds. The molecule has 100 heavy (non-hydrogen) atoms. The van der Waals surface area contributed by atoms with Crippen LogP contribution in [0.5, 0.6) is 0 Å². The first-order valence-corrected chi connectivity index (χ1v) is 35.9. The number of hydrogen-bond acceptors (Lipinski definition) is 6. The summed E-state index contributed by atoms with van der Waals surface area (Å²) in [6.45, 7) is 22.9. The molecule has 8 heteroatoms. The average Bonchev–Trinajstić information content (AvgIpc) is 0.685. The Labute approximate surface area is 591 Å². The fourth-order valence-electron chi connectivity index (χ4n) is 17.1. The lowest BCUT2D eigenvalue weighted by Gasteiger charge is -2.48. The van der Waals surface area contributed by atoms with E-state index in [1.54, 1.807) is 0 Å². The molecular formula is C92H82B2N6. The summed E-state index contributed by atoms with van der Waals surface area (Å²) in [6, 6.07) is 111. The number of anilines is 18. The third kappa shape index (κ3) is 10.00. The van der Waals surface area contributed by atoms with Crippen molar-refractivity contribution >= 4 is 149 Å². The molecule has 0 aliphatic carbocycles. The smallest absolute Gasteiger partial charge is 0.252 e. The summed E-state index contributed by atoms with van der Waals surface area (Å²) in [4.78, 5) is 15.6. The molecule has 0 fully saturated rings. The summed E-state index contributed by atoms with van der Waals surface area (Å²) in [5.74, 6) is 0.991. The fraction of sp³-hybridized carbons (Fsp3) is 0.152. The van der Waals surface area contributed by atoms with E-state index in [1.165, 1.54) is 100 Å². The molecule has 4 heterocycles. The van der Waals surface area contributed by atoms with Gasteiger partial charge in [0.25, 0.3) is 13.4 Å². The molecule has 13 aromatic carbocycles. The van der Waals surface area contributed by atoms with Crippen LogP contribution in [0.3, 0.4) is 0 Å². The van der Waals surface area contributed by atoms with Gasteiger partial charge in [-0.25, -0.2) is 0 Å². The maximum Gasteiger partial charge on any atom is 0.252 e. The zero-order valence-electron chi connectivity index (χ0n) is 58.9. The molecule has 0 bridgehead atoms. The molecule has 486 valence electrons. The summed E-state index contributed by atoms with van der Waals surface area (Å²) < 4.78 is 0. The van der Waals surface area contributed by atoms with Gasteiger partial charge in [0.05, 0.1) is 22.7 Å². The summed E-state index contributed by atoms with van der Waals surface area (Å²) in [5.41, 5.74) is 35.9. The number of aryl methyl sites for hydroxylation is 2. The molecule has 0 saturated carbocycles. The van der Waals surface area contributed by atoms with E-state index in [0.717, 1.165) is 68.2 Å². The number of rotatable bonds is 14. The van der Waals surface area contributed by atoms with Gasteiger partial charge in [-0.2, -0.15) is 0 Å². The number of fused-ring (bicyclic) bond motifs is 8. The quantitative estimate of drug-likeness (QED) is 0.100. The van der Waals surface area contributed by atoms with Crippen molar-refractivity contribution in [3.63, 3.8) is 0 Å². The van der Waals surface area contributed by atoms with Crippen molar-refractivity contribution in [2.45, 2.75) is 92.9 Å². The molecule has 4 aliphatic heterocycles. The van der Waals surface area contributed by atoms with Crippen LogP contribution in [0.4, 0.5) is 102 Å². The van der Waals surface area contributed by atoms with Crippen molar-refractivity contribution in [1.29, 1.82) is 0 Å². The maximum atomic E-state index is 2.66. The van der Waals surface area contributed by atoms with Gasteiger partial charge in [0.1, 0.15) is 0 Å². The van der Waals surface area contributed by atoms with E-state index in [-0.39, 0.29) is 37.1 Å². The second kappa shape index (κ2) is 25.0. The molecule has 0 unspecified atom stereocenters. The van der Waals surface area contributed by atoms with Crippen LogP contribution in [0, 0.1) is 13.8 Å². The second-order valence-corrected chi connectivity index (χ2v) is 28.9. The average molecular weight is 1290 g/mol. The van der Waals surface area contributed by atoms with Crippen LogP contribution >= 0.6 is 0 Å². The fourth-order valence-corrected chi connectivity index (χ4v) is 17.1. The molecule has 0 N–H and O–H groups in total. The van der Waals surface area contributed by atoms with E-state index < -0.39 is 0 Å². The monoisotopic (exact) mass is 1290 g/mol. The van der Waals surface area contributed by atoms with E-state index in [9.17, 15) is 0 Å². The number of benzene rings is 13. The van der Waals surface area contributed by atoms with Crippen molar-refractivity contribution < 1.29 is 0 Å². The predicted molar refractivity (Wildman–Crippen MR) is 430 cm³/mol. The van der Waals surface area contributed by atoms with Crippen molar-refractivity contribution in [3.8, 4) is 0 Å². The first-order chi connectivity index (χ1) is 48.8. The lowest BCUT2D eigenvalue weighted by atomic mass is 9.30. The SMILES string of the molecule is Cc1cccc(C(C)C)c1N(c1cc2c3c(c1)N(c1ccccc1)c1cc4c(cc1B3c1ccccc1N2c1ccccc1)B1c2ccccc2N(c2ccccc2)c2cc(N(c3ccccc3C(C)C)c3c(C)cccc3C(C)C)cc(c21)N4c1ccccc1)c1ccccc1C(C)C. The van der Waals surface area contributed by atoms with Crippen LogP contribution in [0.2, 0.25) is 0 Å². The molecule has 4 aliphatic rings. The number of hydrogen-bond donors (Lipinski definition) is 0. The zero-order chi connectivity index (χ0) is 68.2. The van der Waals surface area contributed by atoms with E-state index in [0.29, 0.717) is 0 Å². The minimum absolute atomic E-state index is 0.177. The highest BCUT2D eigenvalue weighted by molar-refractivity contribution is 7.03. The topological polar surface area (TPSA) is 19.4 Å². The largest absolute Gasteiger partial charge is 0.311 e. The lowest BCUT2D eigenvalue weighted by molar-refractivity contribution is 0.852. The standard InChI is InChI=1S/C92H82B2N6/c1-59(2)71-43-23-27-49-79(71)99(91-63(9)33-31-45-73(91)61(5)6)69-53-85-89-87(55-69)97(67-39-19-13-20-40-67)83-58-84-78(57-77(83)93(89)75-47-25-29-51-81(75)95(85)65-35-15-11-16-36-65)94-76-48-26-30-52-82(76)96(66-37-17-12-18-38-66)86-54-70(56-88(90(86)94)98(84)68-41-21-14-22-42-68)100(80-50-28-24-44-72(80)60(3)4)92-64(10)34-32-46-74(92)62(7)8/h11-62H,1-10H3. The van der Waals surface area contributed by atoms with Crippen molar-refractivity contribution in [1.82, 2.24) is 0 Å². The van der Waals surface area contributed by atoms with Gasteiger partial charge in [0, 0.05) is 79.6 Å². The Kier molecular flexibility index (Phi) is 15.6. The van der Waals surface area contributed by atoms with Crippen LogP contribution in [0.25, 0.3) is 0 Å². The van der Waals surface area contributed by atoms with Gasteiger partial charge in [-0.05, 0) is 207 Å². The molecule has 0 spiro atoms. The molecule has 13 aromatic rings.